The van der Waals surface area contributed by atoms with E-state index in [2.05, 4.69) is 26.0 Å². The second-order valence-corrected chi connectivity index (χ2v) is 4.39. The van der Waals surface area contributed by atoms with Crippen LogP contribution in [0.4, 0.5) is 0 Å². The number of aliphatic hydroxyl groups is 1. The van der Waals surface area contributed by atoms with Crippen LogP contribution in [0.1, 0.15) is 38.7 Å². The van der Waals surface area contributed by atoms with Gasteiger partial charge in [0.1, 0.15) is 0 Å². The highest BCUT2D eigenvalue weighted by atomic mass is 16.3. The summed E-state index contributed by atoms with van der Waals surface area (Å²) >= 11 is 0. The highest BCUT2D eigenvalue weighted by Crippen LogP contribution is 2.26. The summed E-state index contributed by atoms with van der Waals surface area (Å²) in [6.45, 7) is 6.26. The Morgan fingerprint density at radius 1 is 1.07 bits per heavy atom. The molecule has 0 saturated carbocycles. The summed E-state index contributed by atoms with van der Waals surface area (Å²) in [6.07, 6.45) is 0.779. The number of rotatable bonds is 4. The number of benzene rings is 1. The van der Waals surface area contributed by atoms with Crippen LogP contribution in [0.3, 0.4) is 0 Å². The lowest BCUT2D eigenvalue weighted by atomic mass is 9.87. The fraction of sp³-hybridized carbons (Fsp3) is 0.538. The molecule has 2 unspecified atom stereocenters. The first-order chi connectivity index (χ1) is 6.61. The standard InChI is InChI=1S/C13H20O/c1-10(2)9-13(11(3)14)12-7-5-4-6-8-12/h4-8,10-11,13-14H,9H2,1-3H3. The predicted octanol–water partition coefficient (Wildman–Crippen LogP) is 3.20. The molecule has 1 rings (SSSR count). The molecule has 0 amide bonds. The van der Waals surface area contributed by atoms with Gasteiger partial charge in [-0.3, -0.25) is 0 Å². The van der Waals surface area contributed by atoms with Gasteiger partial charge < -0.3 is 5.11 Å². The van der Waals surface area contributed by atoms with Gasteiger partial charge in [0.25, 0.3) is 0 Å². The van der Waals surface area contributed by atoms with Crippen molar-refractivity contribution in [3.8, 4) is 0 Å². The van der Waals surface area contributed by atoms with Crippen molar-refractivity contribution < 1.29 is 5.11 Å². The van der Waals surface area contributed by atoms with Crippen LogP contribution >= 0.6 is 0 Å². The minimum absolute atomic E-state index is 0.264. The molecule has 0 fully saturated rings. The van der Waals surface area contributed by atoms with E-state index < -0.39 is 0 Å². The second-order valence-electron chi connectivity index (χ2n) is 4.39. The monoisotopic (exact) mass is 192 g/mol. The molecule has 0 aromatic heterocycles. The third-order valence-corrected chi connectivity index (χ3v) is 2.54. The summed E-state index contributed by atoms with van der Waals surface area (Å²) in [5, 5.41) is 9.71. The third kappa shape index (κ3) is 3.15. The van der Waals surface area contributed by atoms with Crippen molar-refractivity contribution >= 4 is 0 Å². The van der Waals surface area contributed by atoms with Gasteiger partial charge in [-0.25, -0.2) is 0 Å². The van der Waals surface area contributed by atoms with Crippen molar-refractivity contribution in [3.63, 3.8) is 0 Å². The molecule has 2 atom stereocenters. The van der Waals surface area contributed by atoms with Gasteiger partial charge in [0.15, 0.2) is 0 Å². The molecule has 0 spiro atoms. The Hall–Kier alpha value is -0.820. The molecule has 0 aliphatic heterocycles. The molecule has 1 N–H and O–H groups in total. The van der Waals surface area contributed by atoms with Crippen LogP contribution in [0.5, 0.6) is 0 Å². The van der Waals surface area contributed by atoms with Crippen molar-refractivity contribution in [2.45, 2.75) is 39.2 Å². The lowest BCUT2D eigenvalue weighted by Crippen LogP contribution is -2.16. The van der Waals surface area contributed by atoms with E-state index in [1.54, 1.807) is 0 Å². The molecule has 1 heteroatoms. The van der Waals surface area contributed by atoms with E-state index >= 15 is 0 Å². The van der Waals surface area contributed by atoms with Crippen LogP contribution < -0.4 is 0 Å². The highest BCUT2D eigenvalue weighted by Gasteiger charge is 2.17. The smallest absolute Gasteiger partial charge is 0.0580 e. The van der Waals surface area contributed by atoms with Crippen LogP contribution in [0.2, 0.25) is 0 Å². The summed E-state index contributed by atoms with van der Waals surface area (Å²) in [4.78, 5) is 0. The van der Waals surface area contributed by atoms with Gasteiger partial charge in [-0.05, 0) is 24.8 Å². The van der Waals surface area contributed by atoms with Crippen molar-refractivity contribution in [1.82, 2.24) is 0 Å². The summed E-state index contributed by atoms with van der Waals surface area (Å²) in [6, 6.07) is 10.3. The molecule has 0 heterocycles. The summed E-state index contributed by atoms with van der Waals surface area (Å²) < 4.78 is 0. The van der Waals surface area contributed by atoms with E-state index in [0.717, 1.165) is 6.42 Å². The van der Waals surface area contributed by atoms with Gasteiger partial charge >= 0.3 is 0 Å². The Labute approximate surface area is 86.8 Å². The minimum Gasteiger partial charge on any atom is -0.393 e. The lowest BCUT2D eigenvalue weighted by molar-refractivity contribution is 0.150. The first kappa shape index (κ1) is 11.3. The van der Waals surface area contributed by atoms with E-state index in [0.29, 0.717) is 5.92 Å². The summed E-state index contributed by atoms with van der Waals surface area (Å²) in [5.41, 5.74) is 1.25. The average molecular weight is 192 g/mol. The second kappa shape index (κ2) is 5.16. The molecule has 78 valence electrons. The Morgan fingerprint density at radius 2 is 1.64 bits per heavy atom. The first-order valence-electron chi connectivity index (χ1n) is 5.34. The van der Waals surface area contributed by atoms with Gasteiger partial charge in [-0.2, -0.15) is 0 Å². The molecule has 0 aliphatic rings. The van der Waals surface area contributed by atoms with Crippen LogP contribution in [-0.2, 0) is 0 Å². The van der Waals surface area contributed by atoms with Crippen LogP contribution in [0.25, 0.3) is 0 Å². The molecular formula is C13H20O. The topological polar surface area (TPSA) is 20.2 Å². The zero-order valence-corrected chi connectivity index (χ0v) is 9.27. The van der Waals surface area contributed by atoms with E-state index in [1.165, 1.54) is 5.56 Å². The maximum absolute atomic E-state index is 9.71. The van der Waals surface area contributed by atoms with Crippen LogP contribution in [-0.4, -0.2) is 11.2 Å². The Morgan fingerprint density at radius 3 is 2.07 bits per heavy atom. The summed E-state index contributed by atoms with van der Waals surface area (Å²) in [5.74, 6) is 0.894. The maximum Gasteiger partial charge on any atom is 0.0580 e. The molecule has 0 aliphatic carbocycles. The minimum atomic E-state index is -0.264. The largest absolute Gasteiger partial charge is 0.393 e. The van der Waals surface area contributed by atoms with Crippen molar-refractivity contribution in [2.75, 3.05) is 0 Å². The number of hydrogen-bond donors (Lipinski definition) is 1. The van der Waals surface area contributed by atoms with Crippen LogP contribution in [0.15, 0.2) is 30.3 Å². The van der Waals surface area contributed by atoms with Crippen molar-refractivity contribution in [2.24, 2.45) is 5.92 Å². The molecule has 1 aromatic rings. The molecular weight excluding hydrogens is 172 g/mol. The third-order valence-electron chi connectivity index (χ3n) is 2.54. The molecule has 1 aromatic carbocycles. The average Bonchev–Trinajstić information content (AvgIpc) is 2.15. The highest BCUT2D eigenvalue weighted by molar-refractivity contribution is 5.20. The van der Waals surface area contributed by atoms with E-state index in [-0.39, 0.29) is 12.0 Å². The fourth-order valence-electron chi connectivity index (χ4n) is 1.82. The van der Waals surface area contributed by atoms with Gasteiger partial charge in [0, 0.05) is 5.92 Å². The van der Waals surface area contributed by atoms with E-state index in [9.17, 15) is 5.11 Å². The first-order valence-corrected chi connectivity index (χ1v) is 5.34. The Bertz CT molecular complexity index is 251. The maximum atomic E-state index is 9.71. The fourth-order valence-corrected chi connectivity index (χ4v) is 1.82. The van der Waals surface area contributed by atoms with Gasteiger partial charge in [0.2, 0.25) is 0 Å². The van der Waals surface area contributed by atoms with E-state index in [1.807, 2.05) is 25.1 Å². The van der Waals surface area contributed by atoms with E-state index in [4.69, 9.17) is 0 Å². The molecule has 14 heavy (non-hydrogen) atoms. The van der Waals surface area contributed by atoms with Gasteiger partial charge in [0.05, 0.1) is 6.10 Å². The normalized spacial score (nSPS) is 15.5. The quantitative estimate of drug-likeness (QED) is 0.776. The van der Waals surface area contributed by atoms with Gasteiger partial charge in [-0.1, -0.05) is 44.2 Å². The SMILES string of the molecule is CC(C)CC(c1ccccc1)C(C)O. The number of hydrogen-bond acceptors (Lipinski definition) is 1. The number of aliphatic hydroxyl groups excluding tert-OH is 1. The summed E-state index contributed by atoms with van der Waals surface area (Å²) in [7, 11) is 0. The zero-order valence-electron chi connectivity index (χ0n) is 9.27. The predicted molar refractivity (Wildman–Crippen MR) is 60.3 cm³/mol. The molecule has 1 nitrogen and oxygen atoms in total. The molecule has 0 radical (unpaired) electrons. The van der Waals surface area contributed by atoms with Gasteiger partial charge in [-0.15, -0.1) is 0 Å². The molecule has 0 bridgehead atoms. The van der Waals surface area contributed by atoms with Crippen molar-refractivity contribution in [1.29, 1.82) is 0 Å². The Balaban J connectivity index is 2.78. The zero-order chi connectivity index (χ0) is 10.6. The van der Waals surface area contributed by atoms with Crippen LogP contribution in [0, 0.1) is 5.92 Å². The lowest BCUT2D eigenvalue weighted by Gasteiger charge is -2.22. The Kier molecular flexibility index (Phi) is 4.15. The van der Waals surface area contributed by atoms with Crippen molar-refractivity contribution in [3.05, 3.63) is 35.9 Å². The molecule has 0 saturated heterocycles.